The summed E-state index contributed by atoms with van der Waals surface area (Å²) in [5, 5.41) is 10.1. The smallest absolute Gasteiger partial charge is 0.165 e. The Morgan fingerprint density at radius 3 is 2.47 bits per heavy atom. The highest BCUT2D eigenvalue weighted by Crippen LogP contribution is 2.32. The predicted octanol–water partition coefficient (Wildman–Crippen LogP) is 6.46. The van der Waals surface area contributed by atoms with Crippen LogP contribution in [0.5, 0.6) is 0 Å². The van der Waals surface area contributed by atoms with Crippen molar-refractivity contribution < 1.29 is 8.78 Å². The molecule has 2 aromatic carbocycles. The molecule has 8 heteroatoms. The van der Waals surface area contributed by atoms with E-state index in [1.165, 1.54) is 0 Å². The topological polar surface area (TPSA) is 35.6 Å². The monoisotopic (exact) mass is 538 g/mol. The third-order valence-electron chi connectivity index (χ3n) is 5.69. The second-order valence-corrected chi connectivity index (χ2v) is 9.60. The number of benzene rings is 2. The van der Waals surface area contributed by atoms with Gasteiger partial charge in [-0.2, -0.15) is 10.2 Å². The predicted molar refractivity (Wildman–Crippen MR) is 123 cm³/mol. The van der Waals surface area contributed by atoms with E-state index in [2.05, 4.69) is 49.0 Å². The van der Waals surface area contributed by atoms with Crippen molar-refractivity contribution in [2.75, 3.05) is 0 Å². The van der Waals surface area contributed by atoms with Crippen molar-refractivity contribution in [3.63, 3.8) is 0 Å². The molecule has 0 saturated carbocycles. The van der Waals surface area contributed by atoms with Gasteiger partial charge in [-0.05, 0) is 86.7 Å². The molecule has 158 valence electrons. The zero-order valence-electron chi connectivity index (χ0n) is 17.0. The van der Waals surface area contributed by atoms with Crippen LogP contribution in [0.25, 0.3) is 21.8 Å². The molecule has 30 heavy (non-hydrogen) atoms. The van der Waals surface area contributed by atoms with Gasteiger partial charge in [0.25, 0.3) is 0 Å². The molecule has 0 radical (unpaired) electrons. The lowest BCUT2D eigenvalue weighted by Crippen LogP contribution is -2.02. The first-order chi connectivity index (χ1) is 14.3. The fraction of sp³-hybridized carbons (Fsp3) is 0.364. The first-order valence-corrected chi connectivity index (χ1v) is 11.4. The molecule has 0 aliphatic heterocycles. The van der Waals surface area contributed by atoms with Crippen LogP contribution in [0.1, 0.15) is 30.9 Å². The van der Waals surface area contributed by atoms with Crippen LogP contribution in [0, 0.1) is 17.6 Å². The molecular weight excluding hydrogens is 518 g/mol. The quantitative estimate of drug-likeness (QED) is 0.281. The summed E-state index contributed by atoms with van der Waals surface area (Å²) in [6.45, 7) is 2.20. The number of aryl methyl sites for hydroxylation is 4. The third kappa shape index (κ3) is 3.91. The summed E-state index contributed by atoms with van der Waals surface area (Å²) in [7, 11) is 3.54. The SMILES string of the molecule is CC(CCc1cc2cnn(C)c2c(F)c1Br)CCc1cc(Br)c(F)c2nn(C)cc12. The Hall–Kier alpha value is -1.80. The Labute approximate surface area is 190 Å². The molecule has 0 bridgehead atoms. The standard InChI is InChI=1S/C22H22Br2F2N4/c1-12(4-6-13-9-17(23)19(25)21-16(13)11-29(2)28-21)5-7-14-8-15-10-27-30(3)22(15)20(26)18(14)24/h8-12H,4-7H2,1-3H3. The maximum absolute atomic E-state index is 14.7. The minimum absolute atomic E-state index is 0.259. The zero-order valence-corrected chi connectivity index (χ0v) is 20.2. The molecule has 0 N–H and O–H groups in total. The molecule has 0 spiro atoms. The van der Waals surface area contributed by atoms with Gasteiger partial charge in [-0.25, -0.2) is 8.78 Å². The molecule has 2 heterocycles. The highest BCUT2D eigenvalue weighted by atomic mass is 79.9. The first kappa shape index (κ1) is 21.4. The number of fused-ring (bicyclic) bond motifs is 2. The summed E-state index contributed by atoms with van der Waals surface area (Å²) < 4.78 is 33.2. The molecule has 4 nitrogen and oxygen atoms in total. The molecule has 0 saturated heterocycles. The van der Waals surface area contributed by atoms with E-state index in [4.69, 9.17) is 0 Å². The molecule has 0 aliphatic carbocycles. The summed E-state index contributed by atoms with van der Waals surface area (Å²) in [4.78, 5) is 0. The van der Waals surface area contributed by atoms with Gasteiger partial charge in [0.15, 0.2) is 11.6 Å². The van der Waals surface area contributed by atoms with Gasteiger partial charge >= 0.3 is 0 Å². The van der Waals surface area contributed by atoms with Crippen LogP contribution in [0.2, 0.25) is 0 Å². The summed E-state index contributed by atoms with van der Waals surface area (Å²) in [6.07, 6.45) is 7.06. The molecule has 0 aliphatic rings. The number of nitrogens with zero attached hydrogens (tertiary/aromatic N) is 4. The zero-order chi connectivity index (χ0) is 21.6. The van der Waals surface area contributed by atoms with Gasteiger partial charge in [-0.3, -0.25) is 9.36 Å². The van der Waals surface area contributed by atoms with Crippen molar-refractivity contribution in [3.8, 4) is 0 Å². The van der Waals surface area contributed by atoms with E-state index in [1.807, 2.05) is 18.3 Å². The van der Waals surface area contributed by atoms with Crippen LogP contribution in [0.15, 0.2) is 33.5 Å². The summed E-state index contributed by atoms with van der Waals surface area (Å²) >= 11 is 6.73. The summed E-state index contributed by atoms with van der Waals surface area (Å²) in [5.74, 6) is -0.148. The molecule has 0 amide bonds. The number of hydrogen-bond donors (Lipinski definition) is 0. The lowest BCUT2D eigenvalue weighted by atomic mass is 9.93. The Morgan fingerprint density at radius 1 is 1.03 bits per heavy atom. The van der Waals surface area contributed by atoms with E-state index in [1.54, 1.807) is 29.7 Å². The number of hydrogen-bond acceptors (Lipinski definition) is 2. The number of rotatable bonds is 6. The van der Waals surface area contributed by atoms with E-state index >= 15 is 0 Å². The molecule has 1 unspecified atom stereocenters. The second kappa shape index (κ2) is 8.38. The molecule has 2 aromatic heterocycles. The first-order valence-electron chi connectivity index (χ1n) is 9.85. The molecule has 4 aromatic rings. The Bertz CT molecular complexity index is 1250. The third-order valence-corrected chi connectivity index (χ3v) is 7.12. The van der Waals surface area contributed by atoms with Crippen molar-refractivity contribution >= 4 is 53.7 Å². The van der Waals surface area contributed by atoms with Crippen molar-refractivity contribution in [1.29, 1.82) is 0 Å². The minimum atomic E-state index is -0.319. The van der Waals surface area contributed by atoms with Gasteiger partial charge in [-0.15, -0.1) is 0 Å². The van der Waals surface area contributed by atoms with Crippen LogP contribution < -0.4 is 0 Å². The van der Waals surface area contributed by atoms with E-state index < -0.39 is 0 Å². The fourth-order valence-electron chi connectivity index (χ4n) is 3.95. The van der Waals surface area contributed by atoms with Crippen LogP contribution >= 0.6 is 31.9 Å². The largest absolute Gasteiger partial charge is 0.274 e. The van der Waals surface area contributed by atoms with Crippen LogP contribution in [0.4, 0.5) is 8.78 Å². The maximum Gasteiger partial charge on any atom is 0.165 e. The van der Waals surface area contributed by atoms with E-state index in [0.29, 0.717) is 25.9 Å². The van der Waals surface area contributed by atoms with Crippen LogP contribution in [-0.2, 0) is 26.9 Å². The summed E-state index contributed by atoms with van der Waals surface area (Å²) in [6, 6.07) is 3.87. The van der Waals surface area contributed by atoms with Crippen LogP contribution in [0.3, 0.4) is 0 Å². The molecular formula is C22H22Br2F2N4. The number of halogens is 4. The van der Waals surface area contributed by atoms with Gasteiger partial charge in [0, 0.05) is 31.1 Å². The van der Waals surface area contributed by atoms with Crippen LogP contribution in [-0.4, -0.2) is 19.6 Å². The van der Waals surface area contributed by atoms with Gasteiger partial charge in [-0.1, -0.05) is 6.92 Å². The van der Waals surface area contributed by atoms with Crippen molar-refractivity contribution in [2.45, 2.75) is 32.6 Å². The Morgan fingerprint density at radius 2 is 1.73 bits per heavy atom. The van der Waals surface area contributed by atoms with Gasteiger partial charge in [0.05, 0.1) is 15.1 Å². The highest BCUT2D eigenvalue weighted by molar-refractivity contribution is 9.10. The van der Waals surface area contributed by atoms with Gasteiger partial charge in [0.1, 0.15) is 11.0 Å². The lowest BCUT2D eigenvalue weighted by Gasteiger charge is -2.14. The van der Waals surface area contributed by atoms with Crippen molar-refractivity contribution in [2.24, 2.45) is 20.0 Å². The van der Waals surface area contributed by atoms with Crippen molar-refractivity contribution in [1.82, 2.24) is 19.6 Å². The summed E-state index contributed by atoms with van der Waals surface area (Å²) in [5.41, 5.74) is 2.96. The normalized spacial score (nSPS) is 12.9. The molecule has 0 fully saturated rings. The minimum Gasteiger partial charge on any atom is -0.274 e. The van der Waals surface area contributed by atoms with Gasteiger partial charge in [0.2, 0.25) is 0 Å². The Kier molecular flexibility index (Phi) is 5.99. The number of aromatic nitrogens is 4. The lowest BCUT2D eigenvalue weighted by molar-refractivity contribution is 0.492. The Balaban J connectivity index is 1.46. The second-order valence-electron chi connectivity index (χ2n) is 7.95. The van der Waals surface area contributed by atoms with Crippen molar-refractivity contribution in [3.05, 3.63) is 56.2 Å². The molecule has 4 rings (SSSR count). The van der Waals surface area contributed by atoms with E-state index in [-0.39, 0.29) is 11.6 Å². The molecule has 1 atom stereocenters. The van der Waals surface area contributed by atoms with E-state index in [0.717, 1.165) is 47.6 Å². The average molecular weight is 540 g/mol. The maximum atomic E-state index is 14.7. The van der Waals surface area contributed by atoms with Gasteiger partial charge < -0.3 is 0 Å². The highest BCUT2D eigenvalue weighted by Gasteiger charge is 2.17. The van der Waals surface area contributed by atoms with E-state index in [9.17, 15) is 8.78 Å². The average Bonchev–Trinajstić information content (AvgIpc) is 3.28. The fourth-order valence-corrected chi connectivity index (χ4v) is 4.92.